The monoisotopic (exact) mass is 380 g/mol. The summed E-state index contributed by atoms with van der Waals surface area (Å²) < 4.78 is 52.2. The van der Waals surface area contributed by atoms with Crippen molar-refractivity contribution in [3.8, 4) is 0 Å². The first-order chi connectivity index (χ1) is 11.7. The van der Waals surface area contributed by atoms with E-state index in [-0.39, 0.29) is 22.8 Å². The molecule has 1 fully saturated rings. The summed E-state index contributed by atoms with van der Waals surface area (Å²) in [5, 5.41) is 0. The van der Waals surface area contributed by atoms with Crippen molar-refractivity contribution in [2.45, 2.75) is 18.2 Å². The molecule has 0 bridgehead atoms. The lowest BCUT2D eigenvalue weighted by Crippen LogP contribution is -2.29. The molecule has 132 valence electrons. The van der Waals surface area contributed by atoms with E-state index < -0.39 is 26.0 Å². The summed E-state index contributed by atoms with van der Waals surface area (Å²) in [6.07, 6.45) is -0.0724. The van der Waals surface area contributed by atoms with E-state index in [0.717, 1.165) is 4.31 Å². The third-order valence-corrected chi connectivity index (χ3v) is 7.02. The van der Waals surface area contributed by atoms with Crippen molar-refractivity contribution in [2.24, 2.45) is 0 Å². The Morgan fingerprint density at radius 3 is 2.32 bits per heavy atom. The topological polar surface area (TPSA) is 101 Å². The number of anilines is 2. The van der Waals surface area contributed by atoms with E-state index in [2.05, 4.69) is 4.72 Å². The predicted octanol–water partition coefficient (Wildman–Crippen LogP) is 1.86. The van der Waals surface area contributed by atoms with E-state index in [1.54, 1.807) is 37.3 Å². The fraction of sp³-hybridized carbons (Fsp3) is 0.188. The molecule has 1 N–H and O–H groups in total. The Balaban J connectivity index is 1.96. The molecule has 0 unspecified atom stereocenters. The van der Waals surface area contributed by atoms with Gasteiger partial charge in [-0.2, -0.15) is 0 Å². The van der Waals surface area contributed by atoms with Gasteiger partial charge >= 0.3 is 0 Å². The van der Waals surface area contributed by atoms with Crippen molar-refractivity contribution in [3.63, 3.8) is 0 Å². The van der Waals surface area contributed by atoms with Gasteiger partial charge in [-0.15, -0.1) is 0 Å². The van der Waals surface area contributed by atoms with Crippen LogP contribution in [0.3, 0.4) is 0 Å². The molecule has 0 aliphatic carbocycles. The molecule has 1 aliphatic heterocycles. The number of para-hydroxylation sites is 1. The fourth-order valence-corrected chi connectivity index (χ4v) is 5.38. The molecule has 0 spiro atoms. The average molecular weight is 380 g/mol. The zero-order valence-electron chi connectivity index (χ0n) is 13.3. The quantitative estimate of drug-likeness (QED) is 0.873. The first-order valence-corrected chi connectivity index (χ1v) is 10.5. The molecule has 2 aromatic rings. The van der Waals surface area contributed by atoms with Gasteiger partial charge in [-0.1, -0.05) is 18.2 Å². The van der Waals surface area contributed by atoms with Crippen molar-refractivity contribution in [3.05, 3.63) is 54.1 Å². The molecule has 1 saturated heterocycles. The molecule has 25 heavy (non-hydrogen) atoms. The number of rotatable bonds is 4. The fourth-order valence-electron chi connectivity index (χ4n) is 2.65. The SMILES string of the molecule is Cc1cc(N2C(=O)CCS2(=O)=O)ccc1S(=O)(=O)Nc1ccccc1. The van der Waals surface area contributed by atoms with Crippen molar-refractivity contribution in [2.75, 3.05) is 14.8 Å². The van der Waals surface area contributed by atoms with E-state index in [0.29, 0.717) is 11.3 Å². The standard InChI is InChI=1S/C16H16N2O5S2/c1-12-11-14(18-16(19)9-10-24(18,20)21)7-8-15(12)25(22,23)17-13-5-3-2-4-6-13/h2-8,11,17H,9-10H2,1H3. The summed E-state index contributed by atoms with van der Waals surface area (Å²) in [6.45, 7) is 1.55. The Labute approximate surface area is 146 Å². The minimum absolute atomic E-state index is 0.0177. The van der Waals surface area contributed by atoms with Crippen LogP contribution in [0.1, 0.15) is 12.0 Å². The first kappa shape index (κ1) is 17.4. The second kappa shape index (κ2) is 6.16. The van der Waals surface area contributed by atoms with E-state index >= 15 is 0 Å². The molecule has 0 radical (unpaired) electrons. The largest absolute Gasteiger partial charge is 0.280 e. The second-order valence-corrected chi connectivity index (χ2v) is 9.23. The number of hydrogen-bond acceptors (Lipinski definition) is 5. The van der Waals surface area contributed by atoms with Crippen LogP contribution < -0.4 is 9.03 Å². The van der Waals surface area contributed by atoms with E-state index in [1.807, 2.05) is 0 Å². The smallest absolute Gasteiger partial charge is 0.262 e. The van der Waals surface area contributed by atoms with Crippen LogP contribution in [0, 0.1) is 6.92 Å². The maximum absolute atomic E-state index is 12.5. The van der Waals surface area contributed by atoms with Gasteiger partial charge in [0, 0.05) is 12.1 Å². The summed E-state index contributed by atoms with van der Waals surface area (Å²) in [6, 6.07) is 12.4. The first-order valence-electron chi connectivity index (χ1n) is 7.45. The number of carbonyl (C=O) groups is 1. The minimum atomic E-state index is -3.83. The molecule has 1 heterocycles. The van der Waals surface area contributed by atoms with Crippen LogP contribution >= 0.6 is 0 Å². The van der Waals surface area contributed by atoms with Crippen molar-refractivity contribution >= 4 is 37.3 Å². The van der Waals surface area contributed by atoms with Gasteiger partial charge in [-0.3, -0.25) is 9.52 Å². The van der Waals surface area contributed by atoms with Gasteiger partial charge in [0.05, 0.1) is 16.3 Å². The van der Waals surface area contributed by atoms with Gasteiger partial charge in [0.1, 0.15) is 0 Å². The molecule has 9 heteroatoms. The highest BCUT2D eigenvalue weighted by atomic mass is 32.2. The zero-order valence-corrected chi connectivity index (χ0v) is 15.0. The number of sulfonamides is 2. The van der Waals surface area contributed by atoms with Crippen molar-refractivity contribution < 1.29 is 21.6 Å². The van der Waals surface area contributed by atoms with Crippen LogP contribution in [0.15, 0.2) is 53.4 Å². The highest BCUT2D eigenvalue weighted by molar-refractivity contribution is 7.94. The van der Waals surface area contributed by atoms with Crippen LogP contribution in [-0.4, -0.2) is 28.5 Å². The van der Waals surface area contributed by atoms with Crippen LogP contribution in [0.2, 0.25) is 0 Å². The van der Waals surface area contributed by atoms with Crippen LogP contribution in [0.25, 0.3) is 0 Å². The summed E-state index contributed by atoms with van der Waals surface area (Å²) >= 11 is 0. The van der Waals surface area contributed by atoms with Crippen LogP contribution in [-0.2, 0) is 24.8 Å². The number of nitrogens with one attached hydrogen (secondary N) is 1. The molecule has 1 aliphatic rings. The maximum atomic E-state index is 12.5. The Hall–Kier alpha value is -2.39. The average Bonchev–Trinajstić information content (AvgIpc) is 2.80. The molecule has 3 rings (SSSR count). The molecule has 7 nitrogen and oxygen atoms in total. The van der Waals surface area contributed by atoms with E-state index in [1.165, 1.54) is 18.2 Å². The van der Waals surface area contributed by atoms with E-state index in [4.69, 9.17) is 0 Å². The van der Waals surface area contributed by atoms with Gasteiger partial charge in [-0.05, 0) is 42.8 Å². The van der Waals surface area contributed by atoms with Gasteiger partial charge < -0.3 is 0 Å². The summed E-state index contributed by atoms with van der Waals surface area (Å²) in [4.78, 5) is 11.9. The minimum Gasteiger partial charge on any atom is -0.280 e. The maximum Gasteiger partial charge on any atom is 0.262 e. The van der Waals surface area contributed by atoms with E-state index in [9.17, 15) is 21.6 Å². The number of carbonyl (C=O) groups excluding carboxylic acids is 1. The molecular formula is C16H16N2O5S2. The number of amides is 1. The number of nitrogens with zero attached hydrogens (tertiary/aromatic N) is 1. The number of aryl methyl sites for hydroxylation is 1. The van der Waals surface area contributed by atoms with Crippen LogP contribution in [0.4, 0.5) is 11.4 Å². The normalized spacial score (nSPS) is 16.8. The lowest BCUT2D eigenvalue weighted by atomic mass is 10.2. The van der Waals surface area contributed by atoms with Crippen LogP contribution in [0.5, 0.6) is 0 Å². The Morgan fingerprint density at radius 2 is 1.76 bits per heavy atom. The number of hydrogen-bond donors (Lipinski definition) is 1. The van der Waals surface area contributed by atoms with Crippen molar-refractivity contribution in [1.29, 1.82) is 0 Å². The molecule has 2 aromatic carbocycles. The molecular weight excluding hydrogens is 364 g/mol. The Bertz CT molecular complexity index is 1030. The highest BCUT2D eigenvalue weighted by Crippen LogP contribution is 2.29. The Morgan fingerprint density at radius 1 is 1.08 bits per heavy atom. The van der Waals surface area contributed by atoms with Gasteiger partial charge in [0.15, 0.2) is 0 Å². The highest BCUT2D eigenvalue weighted by Gasteiger charge is 2.36. The predicted molar refractivity (Wildman–Crippen MR) is 94.3 cm³/mol. The molecule has 0 atom stereocenters. The lowest BCUT2D eigenvalue weighted by Gasteiger charge is -2.17. The van der Waals surface area contributed by atoms with Gasteiger partial charge in [0.2, 0.25) is 15.9 Å². The zero-order chi connectivity index (χ0) is 18.2. The van der Waals surface area contributed by atoms with Gasteiger partial charge in [-0.25, -0.2) is 21.1 Å². The second-order valence-electron chi connectivity index (χ2n) is 5.65. The third kappa shape index (κ3) is 3.38. The number of benzene rings is 2. The molecule has 0 aromatic heterocycles. The molecule has 0 saturated carbocycles. The van der Waals surface area contributed by atoms with Gasteiger partial charge in [0.25, 0.3) is 10.0 Å². The Kier molecular flexibility index (Phi) is 4.29. The lowest BCUT2D eigenvalue weighted by molar-refractivity contribution is -0.116. The third-order valence-electron chi connectivity index (χ3n) is 3.79. The summed E-state index contributed by atoms with van der Waals surface area (Å²) in [7, 11) is -7.51. The van der Waals surface area contributed by atoms with Crippen molar-refractivity contribution in [1.82, 2.24) is 0 Å². The molecule has 1 amide bonds. The summed E-state index contributed by atoms with van der Waals surface area (Å²) in [5.74, 6) is -0.752. The summed E-state index contributed by atoms with van der Waals surface area (Å²) in [5.41, 5.74) is 0.915.